The van der Waals surface area contributed by atoms with Crippen LogP contribution in [0.25, 0.3) is 11.1 Å². The van der Waals surface area contributed by atoms with Gasteiger partial charge in [0, 0.05) is 12.6 Å². The van der Waals surface area contributed by atoms with Crippen molar-refractivity contribution in [2.75, 3.05) is 18.4 Å². The summed E-state index contributed by atoms with van der Waals surface area (Å²) in [5, 5.41) is 11.6. The monoisotopic (exact) mass is 233 g/mol. The molecule has 1 unspecified atom stereocenters. The number of nitrogens with one attached hydrogen (secondary N) is 2. The summed E-state index contributed by atoms with van der Waals surface area (Å²) in [5.41, 5.74) is 1.36. The van der Waals surface area contributed by atoms with Crippen molar-refractivity contribution in [3.8, 4) is 0 Å². The van der Waals surface area contributed by atoms with Crippen LogP contribution in [-0.4, -0.2) is 34.3 Å². The molecule has 0 aromatic carbocycles. The number of hydrogen-bond donors (Lipinski definition) is 2. The number of rotatable bonds is 3. The van der Waals surface area contributed by atoms with Crippen LogP contribution in [0, 0.1) is 6.92 Å². The molecule has 3 rings (SSSR count). The van der Waals surface area contributed by atoms with Crippen molar-refractivity contribution in [3.63, 3.8) is 0 Å². The summed E-state index contributed by atoms with van der Waals surface area (Å²) in [6, 6.07) is 0.528. The van der Waals surface area contributed by atoms with E-state index in [-0.39, 0.29) is 0 Å². The first-order valence-corrected chi connectivity index (χ1v) is 5.89. The fourth-order valence-electron chi connectivity index (χ4n) is 2.21. The van der Waals surface area contributed by atoms with Gasteiger partial charge < -0.3 is 15.2 Å². The first-order valence-electron chi connectivity index (χ1n) is 5.89. The summed E-state index contributed by atoms with van der Waals surface area (Å²) in [7, 11) is 0. The first kappa shape index (κ1) is 10.5. The summed E-state index contributed by atoms with van der Waals surface area (Å²) in [6.45, 7) is 3.88. The summed E-state index contributed by atoms with van der Waals surface area (Å²) < 4.78 is 5.10. The number of nitrogens with zero attached hydrogens (tertiary/aromatic N) is 3. The van der Waals surface area contributed by atoms with Gasteiger partial charge in [-0.1, -0.05) is 5.16 Å². The second-order valence-electron chi connectivity index (χ2n) is 4.34. The summed E-state index contributed by atoms with van der Waals surface area (Å²) in [6.07, 6.45) is 3.96. The van der Waals surface area contributed by atoms with E-state index in [0.29, 0.717) is 11.8 Å². The molecule has 0 spiro atoms. The number of aryl methyl sites for hydroxylation is 1. The third-order valence-corrected chi connectivity index (χ3v) is 3.12. The van der Waals surface area contributed by atoms with Crippen molar-refractivity contribution in [1.82, 2.24) is 20.4 Å². The Labute approximate surface area is 98.8 Å². The van der Waals surface area contributed by atoms with Gasteiger partial charge in [-0.2, -0.15) is 4.98 Å². The Morgan fingerprint density at radius 3 is 3.29 bits per heavy atom. The predicted octanol–water partition coefficient (Wildman–Crippen LogP) is 1.09. The van der Waals surface area contributed by atoms with E-state index in [0.717, 1.165) is 30.0 Å². The maximum Gasteiger partial charge on any atom is 0.263 e. The smallest absolute Gasteiger partial charge is 0.263 e. The minimum atomic E-state index is 0.528. The molecular weight excluding hydrogens is 218 g/mol. The minimum absolute atomic E-state index is 0.528. The van der Waals surface area contributed by atoms with Crippen molar-refractivity contribution in [2.45, 2.75) is 25.8 Å². The minimum Gasteiger partial charge on any atom is -0.368 e. The average Bonchev–Trinajstić information content (AvgIpc) is 2.97. The van der Waals surface area contributed by atoms with Gasteiger partial charge >= 0.3 is 0 Å². The molecule has 2 aromatic rings. The van der Waals surface area contributed by atoms with Crippen LogP contribution < -0.4 is 10.6 Å². The van der Waals surface area contributed by atoms with Crippen molar-refractivity contribution >= 4 is 16.9 Å². The van der Waals surface area contributed by atoms with Crippen molar-refractivity contribution < 1.29 is 4.52 Å². The molecule has 0 radical (unpaired) electrons. The number of anilines is 1. The topological polar surface area (TPSA) is 75.9 Å². The Hall–Kier alpha value is -1.69. The maximum atomic E-state index is 5.10. The van der Waals surface area contributed by atoms with Crippen molar-refractivity contribution in [2.24, 2.45) is 0 Å². The molecule has 0 aliphatic carbocycles. The van der Waals surface area contributed by atoms with Crippen LogP contribution in [0.15, 0.2) is 10.9 Å². The predicted molar refractivity (Wildman–Crippen MR) is 63.9 cm³/mol. The Morgan fingerprint density at radius 1 is 1.53 bits per heavy atom. The maximum absolute atomic E-state index is 5.10. The zero-order valence-corrected chi connectivity index (χ0v) is 9.73. The molecular formula is C11H15N5O. The van der Waals surface area contributed by atoms with E-state index in [2.05, 4.69) is 25.8 Å². The summed E-state index contributed by atoms with van der Waals surface area (Å²) in [4.78, 5) is 8.30. The second kappa shape index (κ2) is 4.29. The van der Waals surface area contributed by atoms with Crippen LogP contribution in [0.4, 0.5) is 5.82 Å². The molecule has 6 heteroatoms. The Kier molecular flexibility index (Phi) is 2.64. The second-order valence-corrected chi connectivity index (χ2v) is 4.34. The molecule has 2 N–H and O–H groups in total. The van der Waals surface area contributed by atoms with Crippen molar-refractivity contribution in [1.29, 1.82) is 0 Å². The summed E-state index contributed by atoms with van der Waals surface area (Å²) >= 11 is 0. The highest BCUT2D eigenvalue weighted by Gasteiger charge is 2.16. The van der Waals surface area contributed by atoms with Gasteiger partial charge in [0.1, 0.15) is 17.5 Å². The molecule has 1 atom stereocenters. The molecule has 1 fully saturated rings. The zero-order valence-electron chi connectivity index (χ0n) is 9.73. The molecule has 6 nitrogen and oxygen atoms in total. The molecule has 0 bridgehead atoms. The van der Waals surface area contributed by atoms with Gasteiger partial charge in [0.25, 0.3) is 5.71 Å². The lowest BCUT2D eigenvalue weighted by Crippen LogP contribution is -2.29. The molecule has 1 saturated heterocycles. The van der Waals surface area contributed by atoms with E-state index < -0.39 is 0 Å². The molecule has 3 heterocycles. The van der Waals surface area contributed by atoms with Crippen LogP contribution >= 0.6 is 0 Å². The standard InChI is InChI=1S/C11H15N5O/c1-7-9-10(13-5-8-3-2-4-12-8)14-6-15-11(9)17-16-7/h6,8,12H,2-5H2,1H3,(H,13,14,15). The van der Waals surface area contributed by atoms with Gasteiger partial charge in [0.05, 0.1) is 5.69 Å². The van der Waals surface area contributed by atoms with Gasteiger partial charge in [-0.25, -0.2) is 4.98 Å². The average molecular weight is 233 g/mol. The molecule has 0 saturated carbocycles. The Morgan fingerprint density at radius 2 is 2.47 bits per heavy atom. The normalized spacial score (nSPS) is 19.9. The third kappa shape index (κ3) is 1.95. The van der Waals surface area contributed by atoms with Gasteiger partial charge in [0.2, 0.25) is 0 Å². The zero-order chi connectivity index (χ0) is 11.7. The lowest BCUT2D eigenvalue weighted by molar-refractivity contribution is 0.442. The largest absolute Gasteiger partial charge is 0.368 e. The van der Waals surface area contributed by atoms with Gasteiger partial charge in [-0.15, -0.1) is 0 Å². The number of fused-ring (bicyclic) bond motifs is 1. The number of aromatic nitrogens is 3. The van der Waals surface area contributed by atoms with Gasteiger partial charge in [-0.05, 0) is 26.3 Å². The molecule has 1 aliphatic rings. The highest BCUT2D eigenvalue weighted by Crippen LogP contribution is 2.22. The van der Waals surface area contributed by atoms with Crippen LogP contribution in [-0.2, 0) is 0 Å². The lowest BCUT2D eigenvalue weighted by Gasteiger charge is -2.11. The highest BCUT2D eigenvalue weighted by molar-refractivity contribution is 5.87. The Balaban J connectivity index is 1.81. The highest BCUT2D eigenvalue weighted by atomic mass is 16.5. The molecule has 17 heavy (non-hydrogen) atoms. The van der Waals surface area contributed by atoms with E-state index >= 15 is 0 Å². The quantitative estimate of drug-likeness (QED) is 0.826. The van der Waals surface area contributed by atoms with Crippen LogP contribution in [0.2, 0.25) is 0 Å². The van der Waals surface area contributed by atoms with Crippen LogP contribution in [0.1, 0.15) is 18.5 Å². The van der Waals surface area contributed by atoms with Crippen LogP contribution in [0.3, 0.4) is 0 Å². The summed E-state index contributed by atoms with van der Waals surface area (Å²) in [5.74, 6) is 0.808. The lowest BCUT2D eigenvalue weighted by atomic mass is 10.2. The van der Waals surface area contributed by atoms with E-state index in [4.69, 9.17) is 4.52 Å². The van der Waals surface area contributed by atoms with Gasteiger partial charge in [0.15, 0.2) is 0 Å². The number of hydrogen-bond acceptors (Lipinski definition) is 6. The molecule has 0 amide bonds. The molecule has 90 valence electrons. The van der Waals surface area contributed by atoms with Crippen LogP contribution in [0.5, 0.6) is 0 Å². The van der Waals surface area contributed by atoms with E-state index in [1.54, 1.807) is 0 Å². The SMILES string of the molecule is Cc1noc2ncnc(NCC3CCCN3)c12. The van der Waals surface area contributed by atoms with Crippen molar-refractivity contribution in [3.05, 3.63) is 12.0 Å². The van der Waals surface area contributed by atoms with E-state index in [1.165, 1.54) is 19.2 Å². The fraction of sp³-hybridized carbons (Fsp3) is 0.545. The van der Waals surface area contributed by atoms with Gasteiger partial charge in [-0.3, -0.25) is 0 Å². The fourth-order valence-corrected chi connectivity index (χ4v) is 2.21. The Bertz CT molecular complexity index is 518. The van der Waals surface area contributed by atoms with E-state index in [9.17, 15) is 0 Å². The van der Waals surface area contributed by atoms with E-state index in [1.807, 2.05) is 6.92 Å². The first-order chi connectivity index (χ1) is 8.34. The molecule has 2 aromatic heterocycles. The third-order valence-electron chi connectivity index (χ3n) is 3.12. The molecule has 1 aliphatic heterocycles.